The smallest absolute Gasteiger partial charge is 0.339 e. The van der Waals surface area contributed by atoms with Crippen LogP contribution in [0.1, 0.15) is 48.3 Å². The number of rotatable bonds is 8. The summed E-state index contributed by atoms with van der Waals surface area (Å²) in [5.41, 5.74) is 1.81. The molecule has 20 heavy (non-hydrogen) atoms. The molecule has 2 N–H and O–H groups in total. The van der Waals surface area contributed by atoms with Crippen LogP contribution in [0.2, 0.25) is 0 Å². The molecule has 1 aromatic rings. The zero-order chi connectivity index (χ0) is 15.1. The lowest BCUT2D eigenvalue weighted by Crippen LogP contribution is -2.13. The molecule has 0 aromatic carbocycles. The highest BCUT2D eigenvalue weighted by Gasteiger charge is 2.15. The van der Waals surface area contributed by atoms with Gasteiger partial charge in [0.2, 0.25) is 0 Å². The van der Waals surface area contributed by atoms with E-state index < -0.39 is 5.97 Å². The van der Waals surface area contributed by atoms with Crippen LogP contribution in [0.25, 0.3) is 0 Å². The molecule has 0 saturated carbocycles. The fraction of sp³-hybridized carbons (Fsp3) is 0.600. The number of nitrogens with one attached hydrogen (secondary N) is 1. The van der Waals surface area contributed by atoms with Crippen molar-refractivity contribution < 1.29 is 14.6 Å². The van der Waals surface area contributed by atoms with E-state index in [0.717, 1.165) is 30.7 Å². The van der Waals surface area contributed by atoms with E-state index in [1.165, 1.54) is 0 Å². The molecule has 0 aliphatic carbocycles. The number of pyridine rings is 1. The molecular formula is C15H24N2O3. The molecule has 0 unspecified atom stereocenters. The Balaban J connectivity index is 2.53. The van der Waals surface area contributed by atoms with Gasteiger partial charge in [0.1, 0.15) is 11.4 Å². The van der Waals surface area contributed by atoms with Gasteiger partial charge in [0.05, 0.1) is 6.10 Å². The summed E-state index contributed by atoms with van der Waals surface area (Å²) < 4.78 is 5.46. The maximum absolute atomic E-state index is 11.3. The van der Waals surface area contributed by atoms with E-state index in [4.69, 9.17) is 4.74 Å². The van der Waals surface area contributed by atoms with Crippen molar-refractivity contribution in [3.8, 4) is 0 Å². The van der Waals surface area contributed by atoms with Gasteiger partial charge in [-0.05, 0) is 52.2 Å². The van der Waals surface area contributed by atoms with Crippen LogP contribution in [0.3, 0.4) is 0 Å². The normalized spacial score (nSPS) is 10.8. The largest absolute Gasteiger partial charge is 0.478 e. The molecule has 0 aliphatic heterocycles. The molecule has 0 atom stereocenters. The average Bonchev–Trinajstić information content (AvgIpc) is 2.31. The second kappa shape index (κ2) is 7.85. The molecule has 0 bridgehead atoms. The molecule has 0 radical (unpaired) electrons. The molecule has 5 heteroatoms. The summed E-state index contributed by atoms with van der Waals surface area (Å²) in [4.78, 5) is 15.5. The number of unbranched alkanes of at least 4 members (excludes halogenated alkanes) is 1. The second-order valence-corrected chi connectivity index (χ2v) is 5.16. The molecule has 5 nitrogen and oxygen atoms in total. The minimum Gasteiger partial charge on any atom is -0.478 e. The Hall–Kier alpha value is -1.62. The summed E-state index contributed by atoms with van der Waals surface area (Å²) in [6.45, 7) is 9.09. The Morgan fingerprint density at radius 1 is 1.40 bits per heavy atom. The summed E-state index contributed by atoms with van der Waals surface area (Å²) in [5, 5.41) is 12.4. The quantitative estimate of drug-likeness (QED) is 0.716. The number of carbonyl (C=O) groups is 1. The number of anilines is 1. The Labute approximate surface area is 120 Å². The maximum Gasteiger partial charge on any atom is 0.339 e. The summed E-state index contributed by atoms with van der Waals surface area (Å²) in [7, 11) is 0. The van der Waals surface area contributed by atoms with Crippen LogP contribution in [0.5, 0.6) is 0 Å². The number of carboxylic acids is 1. The molecule has 0 fully saturated rings. The first-order valence-electron chi connectivity index (χ1n) is 6.98. The first-order valence-corrected chi connectivity index (χ1v) is 6.98. The van der Waals surface area contributed by atoms with Crippen molar-refractivity contribution >= 4 is 11.8 Å². The summed E-state index contributed by atoms with van der Waals surface area (Å²) in [6.07, 6.45) is 2.11. The van der Waals surface area contributed by atoms with Gasteiger partial charge in [-0.15, -0.1) is 0 Å². The third-order valence-electron chi connectivity index (χ3n) is 2.87. The first-order chi connectivity index (χ1) is 9.41. The second-order valence-electron chi connectivity index (χ2n) is 5.16. The van der Waals surface area contributed by atoms with Gasteiger partial charge < -0.3 is 15.2 Å². The number of aromatic nitrogens is 1. The van der Waals surface area contributed by atoms with E-state index in [0.29, 0.717) is 12.4 Å². The van der Waals surface area contributed by atoms with Crippen molar-refractivity contribution in [1.29, 1.82) is 0 Å². The van der Waals surface area contributed by atoms with E-state index in [1.54, 1.807) is 13.0 Å². The number of nitrogens with zero attached hydrogens (tertiary/aromatic N) is 1. The average molecular weight is 280 g/mol. The summed E-state index contributed by atoms with van der Waals surface area (Å²) >= 11 is 0. The number of ether oxygens (including phenoxy) is 1. The van der Waals surface area contributed by atoms with Gasteiger partial charge in [0.25, 0.3) is 0 Å². The predicted molar refractivity (Wildman–Crippen MR) is 79.5 cm³/mol. The minimum atomic E-state index is -0.944. The van der Waals surface area contributed by atoms with Crippen molar-refractivity contribution in [3.63, 3.8) is 0 Å². The lowest BCUT2D eigenvalue weighted by atomic mass is 10.1. The third kappa shape index (κ3) is 5.17. The molecule has 112 valence electrons. The van der Waals surface area contributed by atoms with Crippen molar-refractivity contribution in [1.82, 2.24) is 4.98 Å². The monoisotopic (exact) mass is 280 g/mol. The van der Waals surface area contributed by atoms with Gasteiger partial charge >= 0.3 is 5.97 Å². The summed E-state index contributed by atoms with van der Waals surface area (Å²) in [5.74, 6) is -0.486. The zero-order valence-corrected chi connectivity index (χ0v) is 12.7. The van der Waals surface area contributed by atoms with Crippen LogP contribution in [-0.4, -0.2) is 35.3 Å². The standard InChI is InChI=1S/C15H24N2O3/c1-10(2)20-8-6-5-7-16-14-13(15(18)19)11(3)9-12(4)17-14/h9-10H,5-8H2,1-4H3,(H,16,17)(H,18,19). The van der Waals surface area contributed by atoms with E-state index >= 15 is 0 Å². The fourth-order valence-corrected chi connectivity index (χ4v) is 1.99. The van der Waals surface area contributed by atoms with Gasteiger partial charge in [-0.1, -0.05) is 0 Å². The highest BCUT2D eigenvalue weighted by atomic mass is 16.5. The van der Waals surface area contributed by atoms with Crippen molar-refractivity contribution in [2.75, 3.05) is 18.5 Å². The van der Waals surface area contributed by atoms with Crippen LogP contribution >= 0.6 is 0 Å². The Bertz CT molecular complexity index is 459. The molecule has 0 saturated heterocycles. The Kier molecular flexibility index (Phi) is 6.45. The molecule has 1 heterocycles. The van der Waals surface area contributed by atoms with Gasteiger partial charge in [0.15, 0.2) is 0 Å². The number of aromatic carboxylic acids is 1. The van der Waals surface area contributed by atoms with Crippen LogP contribution in [0, 0.1) is 13.8 Å². The predicted octanol–water partition coefficient (Wildman–Crippen LogP) is 3.01. The minimum absolute atomic E-state index is 0.252. The van der Waals surface area contributed by atoms with E-state index in [-0.39, 0.29) is 11.7 Å². The Morgan fingerprint density at radius 2 is 2.10 bits per heavy atom. The van der Waals surface area contributed by atoms with Crippen LogP contribution in [0.15, 0.2) is 6.07 Å². The lowest BCUT2D eigenvalue weighted by Gasteiger charge is -2.12. The van der Waals surface area contributed by atoms with Crippen LogP contribution < -0.4 is 5.32 Å². The van der Waals surface area contributed by atoms with Crippen molar-refractivity contribution in [3.05, 3.63) is 22.9 Å². The van der Waals surface area contributed by atoms with Gasteiger partial charge in [-0.2, -0.15) is 0 Å². The van der Waals surface area contributed by atoms with Crippen LogP contribution in [0.4, 0.5) is 5.82 Å². The number of hydrogen-bond acceptors (Lipinski definition) is 4. The number of hydrogen-bond donors (Lipinski definition) is 2. The highest BCUT2D eigenvalue weighted by molar-refractivity contribution is 5.94. The molecule has 0 spiro atoms. The fourth-order valence-electron chi connectivity index (χ4n) is 1.99. The molecular weight excluding hydrogens is 256 g/mol. The topological polar surface area (TPSA) is 71.5 Å². The van der Waals surface area contributed by atoms with Gasteiger partial charge in [-0.25, -0.2) is 9.78 Å². The number of aryl methyl sites for hydroxylation is 2. The lowest BCUT2D eigenvalue weighted by molar-refractivity contribution is 0.0696. The van der Waals surface area contributed by atoms with Crippen molar-refractivity contribution in [2.45, 2.75) is 46.6 Å². The van der Waals surface area contributed by atoms with E-state index in [2.05, 4.69) is 10.3 Å². The molecule has 1 aromatic heterocycles. The van der Waals surface area contributed by atoms with Crippen LogP contribution in [-0.2, 0) is 4.74 Å². The summed E-state index contributed by atoms with van der Waals surface area (Å²) in [6, 6.07) is 1.78. The highest BCUT2D eigenvalue weighted by Crippen LogP contribution is 2.18. The van der Waals surface area contributed by atoms with E-state index in [9.17, 15) is 9.90 Å². The Morgan fingerprint density at radius 3 is 2.70 bits per heavy atom. The number of carboxylic acid groups (broad SMARTS) is 1. The van der Waals surface area contributed by atoms with Gasteiger partial charge in [-0.3, -0.25) is 0 Å². The van der Waals surface area contributed by atoms with Crippen molar-refractivity contribution in [2.24, 2.45) is 0 Å². The first kappa shape index (κ1) is 16.4. The van der Waals surface area contributed by atoms with E-state index in [1.807, 2.05) is 20.8 Å². The zero-order valence-electron chi connectivity index (χ0n) is 12.7. The van der Waals surface area contributed by atoms with Gasteiger partial charge in [0, 0.05) is 18.8 Å². The third-order valence-corrected chi connectivity index (χ3v) is 2.87. The molecule has 0 aliphatic rings. The molecule has 0 amide bonds. The SMILES string of the molecule is Cc1cc(C)c(C(=O)O)c(NCCCCOC(C)C)n1. The maximum atomic E-state index is 11.3. The molecule has 1 rings (SSSR count).